The molecule has 2 aliphatic rings. The third-order valence-corrected chi connectivity index (χ3v) is 11.7. The van der Waals surface area contributed by atoms with Gasteiger partial charge in [-0.25, -0.2) is 19.1 Å². The Morgan fingerprint density at radius 2 is 1.50 bits per heavy atom. The molecule has 2 saturated heterocycles. The summed E-state index contributed by atoms with van der Waals surface area (Å²) in [6.07, 6.45) is -8.21. The Morgan fingerprint density at radius 3 is 2.05 bits per heavy atom. The summed E-state index contributed by atoms with van der Waals surface area (Å²) < 4.78 is 101. The minimum absolute atomic E-state index is 0.0202. The zero-order valence-electron chi connectivity index (χ0n) is 32.5. The van der Waals surface area contributed by atoms with Gasteiger partial charge in [-0.1, -0.05) is 43.3 Å². The fourth-order valence-electron chi connectivity index (χ4n) is 8.21. The average Bonchev–Trinajstić information content (AvgIpc) is 3.55. The number of imide groups is 1. The smallest absolute Gasteiger partial charge is 0.416 e. The Kier molecular flexibility index (Phi) is 11.4. The highest BCUT2D eigenvalue weighted by atomic mass is 19.4. The largest absolute Gasteiger partial charge is 0.447 e. The fourth-order valence-corrected chi connectivity index (χ4v) is 8.21. The van der Waals surface area contributed by atoms with Crippen molar-refractivity contribution >= 4 is 29.4 Å². The second kappa shape index (κ2) is 15.7. The van der Waals surface area contributed by atoms with E-state index < -0.39 is 75.6 Å². The monoisotopic (exact) mass is 812 g/mol. The molecule has 2 atom stereocenters. The second-order valence-electron chi connectivity index (χ2n) is 15.6. The lowest BCUT2D eigenvalue weighted by Gasteiger charge is -2.47. The first kappa shape index (κ1) is 42.1. The van der Waals surface area contributed by atoms with E-state index in [-0.39, 0.29) is 18.4 Å². The molecule has 0 spiro atoms. The van der Waals surface area contributed by atoms with Gasteiger partial charge in [-0.2, -0.15) is 26.3 Å². The molecule has 0 bridgehead atoms. The molecule has 0 unspecified atom stereocenters. The van der Waals surface area contributed by atoms with Crippen molar-refractivity contribution in [3.63, 3.8) is 0 Å². The van der Waals surface area contributed by atoms with Gasteiger partial charge in [-0.3, -0.25) is 9.59 Å². The van der Waals surface area contributed by atoms with E-state index in [9.17, 15) is 45.1 Å². The van der Waals surface area contributed by atoms with Crippen molar-refractivity contribution in [1.82, 2.24) is 9.88 Å². The predicted octanol–water partition coefficient (Wildman–Crippen LogP) is 9.27. The second-order valence-corrected chi connectivity index (χ2v) is 15.6. The molecule has 3 heterocycles. The fraction of sp³-hybridized carbons (Fsp3) is 0.395. The summed E-state index contributed by atoms with van der Waals surface area (Å²) in [4.78, 5) is 50.0. The molecule has 2 aliphatic heterocycles. The van der Waals surface area contributed by atoms with Crippen molar-refractivity contribution in [3.8, 4) is 0 Å². The maximum Gasteiger partial charge on any atom is 0.416 e. The number of hydrogen-bond donors (Lipinski definition) is 0. The van der Waals surface area contributed by atoms with E-state index in [1.807, 2.05) is 35.2 Å². The number of pyridine rings is 1. The summed E-state index contributed by atoms with van der Waals surface area (Å²) >= 11 is 0. The van der Waals surface area contributed by atoms with Gasteiger partial charge < -0.3 is 14.5 Å². The van der Waals surface area contributed by atoms with Gasteiger partial charge in [0.2, 0.25) is 11.8 Å². The van der Waals surface area contributed by atoms with Crippen LogP contribution in [0, 0.1) is 18.7 Å². The highest BCUT2D eigenvalue weighted by molar-refractivity contribution is 6.00. The topological polar surface area (TPSA) is 83.0 Å². The van der Waals surface area contributed by atoms with Gasteiger partial charge in [0.05, 0.1) is 34.5 Å². The summed E-state index contributed by atoms with van der Waals surface area (Å²) in [7, 11) is 1.36. The number of halogens is 7. The Hall–Kier alpha value is -5.47. The molecule has 6 rings (SSSR count). The van der Waals surface area contributed by atoms with Crippen LogP contribution < -0.4 is 9.80 Å². The Morgan fingerprint density at radius 1 is 0.897 bits per heavy atom. The van der Waals surface area contributed by atoms with E-state index in [4.69, 9.17) is 4.74 Å². The number of piperidine rings is 1. The lowest BCUT2D eigenvalue weighted by Crippen LogP contribution is -2.53. The van der Waals surface area contributed by atoms with Crippen LogP contribution in [0.3, 0.4) is 0 Å². The Labute approximate surface area is 331 Å². The van der Waals surface area contributed by atoms with Crippen LogP contribution in [-0.2, 0) is 43.9 Å². The normalized spacial score (nSPS) is 17.9. The Balaban J connectivity index is 1.22. The van der Waals surface area contributed by atoms with Gasteiger partial charge in [0, 0.05) is 31.5 Å². The zero-order chi connectivity index (χ0) is 42.4. The third-order valence-electron chi connectivity index (χ3n) is 11.7. The summed E-state index contributed by atoms with van der Waals surface area (Å²) in [6, 6.07) is 17.8. The van der Waals surface area contributed by atoms with Crippen LogP contribution in [0.4, 0.5) is 47.0 Å². The number of rotatable bonds is 9. The number of amides is 3. The van der Waals surface area contributed by atoms with E-state index in [0.717, 1.165) is 16.0 Å². The number of aromatic nitrogens is 1. The van der Waals surface area contributed by atoms with Crippen LogP contribution in [0.15, 0.2) is 85.1 Å². The molecule has 15 heteroatoms. The maximum atomic E-state index is 14.4. The summed E-state index contributed by atoms with van der Waals surface area (Å²) in [5.74, 6) is -1.77. The van der Waals surface area contributed by atoms with Crippen molar-refractivity contribution in [3.05, 3.63) is 124 Å². The number of anilines is 2. The van der Waals surface area contributed by atoms with Gasteiger partial charge in [0.1, 0.15) is 18.2 Å². The Bertz CT molecular complexity index is 2130. The number of cyclic esters (lactones) is 1. The molecule has 0 N–H and O–H groups in total. The van der Waals surface area contributed by atoms with Crippen molar-refractivity contribution in [2.45, 2.75) is 76.2 Å². The summed E-state index contributed by atoms with van der Waals surface area (Å²) in [6.45, 7) is 6.95. The lowest BCUT2D eigenvalue weighted by molar-refractivity contribution is -0.143. The van der Waals surface area contributed by atoms with E-state index in [0.29, 0.717) is 55.9 Å². The summed E-state index contributed by atoms with van der Waals surface area (Å²) in [5.41, 5.74) is -3.45. The average molecular weight is 813 g/mol. The van der Waals surface area contributed by atoms with Crippen LogP contribution in [0.1, 0.15) is 67.0 Å². The molecule has 2 fully saturated rings. The number of nitrogens with zero attached hydrogens (tertiary/aromatic N) is 4. The van der Waals surface area contributed by atoms with Gasteiger partial charge in [0.15, 0.2) is 0 Å². The van der Waals surface area contributed by atoms with E-state index in [2.05, 4.69) is 4.98 Å². The van der Waals surface area contributed by atoms with Crippen LogP contribution in [0.2, 0.25) is 0 Å². The van der Waals surface area contributed by atoms with Gasteiger partial charge >= 0.3 is 18.4 Å². The number of carbonyl (C=O) groups is 3. The SMILES string of the molecule is Cc1cc(F)ccc1C1([C@H](C)C(=O)N2C(=O)OC[C@@H]2Cc2ccccc2)CCN(c2ccc(N(C)C(=O)C(C)(C)c3cc(C(F)(F)F)cc(C(F)(F)F)c3)cn2)CC1. The van der Waals surface area contributed by atoms with E-state index in [1.54, 1.807) is 32.0 Å². The van der Waals surface area contributed by atoms with Crippen molar-refractivity contribution in [2.24, 2.45) is 5.92 Å². The van der Waals surface area contributed by atoms with Gasteiger partial charge in [-0.15, -0.1) is 0 Å². The number of aryl methyl sites for hydroxylation is 1. The number of benzene rings is 3. The number of hydrogen-bond acceptors (Lipinski definition) is 6. The molecule has 308 valence electrons. The molecular weight excluding hydrogens is 769 g/mol. The zero-order valence-corrected chi connectivity index (χ0v) is 32.5. The first-order chi connectivity index (χ1) is 27.1. The lowest BCUT2D eigenvalue weighted by atomic mass is 9.63. The van der Waals surface area contributed by atoms with Crippen LogP contribution >= 0.6 is 0 Å². The quantitative estimate of drug-likeness (QED) is 0.157. The molecule has 4 aromatic rings. The standard InChI is InChI=1S/C43H43F7N4O4/c1-26-19-32(44)11-13-35(26)41(27(2)37(55)54-34(25-58-39(54)57)20-28-9-7-6-8-10-28)15-17-53(18-16-41)36-14-12-33(24-51-36)52(5)38(56)40(3,4)29-21-30(42(45,46)47)23-31(22-29)43(48,49)50/h6-14,19,21-24,27,34H,15-18,20,25H2,1-5H3/t27-,34+/m1/s1. The van der Waals surface area contributed by atoms with Crippen molar-refractivity contribution < 1.29 is 49.9 Å². The molecular formula is C43H43F7N4O4. The number of carbonyl (C=O) groups excluding carboxylic acids is 3. The molecule has 1 aromatic heterocycles. The highest BCUT2D eigenvalue weighted by Gasteiger charge is 2.50. The number of alkyl halides is 6. The highest BCUT2D eigenvalue weighted by Crippen LogP contribution is 2.46. The van der Waals surface area contributed by atoms with Crippen molar-refractivity contribution in [2.75, 3.05) is 36.5 Å². The molecule has 0 aliphatic carbocycles. The van der Waals surface area contributed by atoms with Crippen LogP contribution in [0.25, 0.3) is 0 Å². The molecule has 0 saturated carbocycles. The molecule has 3 aromatic carbocycles. The molecule has 8 nitrogen and oxygen atoms in total. The van der Waals surface area contributed by atoms with E-state index in [1.165, 1.54) is 44.1 Å². The molecule has 0 radical (unpaired) electrons. The van der Waals surface area contributed by atoms with E-state index >= 15 is 0 Å². The maximum absolute atomic E-state index is 14.4. The van der Waals surface area contributed by atoms with Gasteiger partial charge in [0.25, 0.3) is 0 Å². The van der Waals surface area contributed by atoms with Crippen molar-refractivity contribution in [1.29, 1.82) is 0 Å². The molecule has 3 amide bonds. The van der Waals surface area contributed by atoms with Crippen LogP contribution in [0.5, 0.6) is 0 Å². The summed E-state index contributed by atoms with van der Waals surface area (Å²) in [5, 5.41) is 0. The first-order valence-electron chi connectivity index (χ1n) is 18.7. The third kappa shape index (κ3) is 8.26. The van der Waals surface area contributed by atoms with Gasteiger partial charge in [-0.05, 0) is 105 Å². The minimum atomic E-state index is -5.08. The number of likely N-dealkylation sites (N-methyl/N-ethyl adjacent to an activating group) is 1. The molecule has 58 heavy (non-hydrogen) atoms. The minimum Gasteiger partial charge on any atom is -0.447 e. The number of ether oxygens (including phenoxy) is 1. The first-order valence-corrected chi connectivity index (χ1v) is 18.7. The predicted molar refractivity (Wildman–Crippen MR) is 203 cm³/mol. The van der Waals surface area contributed by atoms with Crippen LogP contribution in [-0.4, -0.2) is 60.6 Å².